The molecule has 2 nitrogen and oxygen atoms in total. The fourth-order valence-electron chi connectivity index (χ4n) is 2.03. The van der Waals surface area contributed by atoms with Crippen LogP contribution in [0.4, 0.5) is 0 Å². The molecule has 0 atom stereocenters. The van der Waals surface area contributed by atoms with Gasteiger partial charge in [0.25, 0.3) is 0 Å². The van der Waals surface area contributed by atoms with E-state index in [-0.39, 0.29) is 18.3 Å². The van der Waals surface area contributed by atoms with Gasteiger partial charge < -0.3 is 9.31 Å². The number of hydrogen-bond donors (Lipinski definition) is 1. The zero-order valence-corrected chi connectivity index (χ0v) is 12.8. The molecule has 1 aromatic carbocycles. The van der Waals surface area contributed by atoms with Crippen molar-refractivity contribution in [2.45, 2.75) is 50.2 Å². The van der Waals surface area contributed by atoms with Gasteiger partial charge in [0, 0.05) is 11.3 Å². The molecule has 0 saturated carbocycles. The van der Waals surface area contributed by atoms with Gasteiger partial charge in [-0.2, -0.15) is 0 Å². The molecular weight excluding hydrogens is 255 g/mol. The minimum Gasteiger partial charge on any atom is -0.399 e. The molecule has 1 fully saturated rings. The third kappa shape index (κ3) is 2.84. The Labute approximate surface area is 121 Å². The van der Waals surface area contributed by atoms with E-state index in [1.54, 1.807) is 0 Å². The first-order chi connectivity index (χ1) is 8.75. The number of thiol groups is 1. The van der Waals surface area contributed by atoms with Crippen LogP contribution in [0.3, 0.4) is 0 Å². The van der Waals surface area contributed by atoms with Gasteiger partial charge in [-0.3, -0.25) is 0 Å². The van der Waals surface area contributed by atoms with Crippen molar-refractivity contribution in [2.75, 3.05) is 0 Å². The van der Waals surface area contributed by atoms with E-state index in [4.69, 9.17) is 15.7 Å². The predicted octanol–water partition coefficient (Wildman–Crippen LogP) is 2.45. The van der Waals surface area contributed by atoms with E-state index >= 15 is 0 Å². The highest BCUT2D eigenvalue weighted by molar-refractivity contribution is 7.80. The fraction of sp³-hybridized carbons (Fsp3) is 0.467. The van der Waals surface area contributed by atoms with Crippen LogP contribution in [0, 0.1) is 12.3 Å². The van der Waals surface area contributed by atoms with E-state index in [9.17, 15) is 0 Å². The number of hydrogen-bond acceptors (Lipinski definition) is 3. The predicted molar refractivity (Wildman–Crippen MR) is 81.9 cm³/mol. The third-order valence-corrected chi connectivity index (χ3v) is 4.09. The van der Waals surface area contributed by atoms with Crippen LogP contribution in [-0.4, -0.2) is 18.3 Å². The average molecular weight is 274 g/mol. The second-order valence-electron chi connectivity index (χ2n) is 5.90. The van der Waals surface area contributed by atoms with Crippen molar-refractivity contribution in [1.29, 1.82) is 0 Å². The van der Waals surface area contributed by atoms with Crippen LogP contribution in [0.25, 0.3) is 0 Å². The Kier molecular flexibility index (Phi) is 3.75. The van der Waals surface area contributed by atoms with Crippen molar-refractivity contribution in [3.05, 3.63) is 23.8 Å². The normalized spacial score (nSPS) is 20.3. The Morgan fingerprint density at radius 2 is 1.74 bits per heavy atom. The van der Waals surface area contributed by atoms with Crippen molar-refractivity contribution in [2.24, 2.45) is 0 Å². The molecule has 1 aromatic rings. The maximum atomic E-state index is 6.03. The van der Waals surface area contributed by atoms with Crippen molar-refractivity contribution in [1.82, 2.24) is 0 Å². The van der Waals surface area contributed by atoms with Crippen LogP contribution in [-0.2, 0) is 15.7 Å². The SMILES string of the molecule is C#CCc1cc(S)cc(B2OC(C)(C)C(C)(C)O2)c1. The van der Waals surface area contributed by atoms with Crippen LogP contribution in [0.2, 0.25) is 0 Å². The van der Waals surface area contributed by atoms with Crippen LogP contribution >= 0.6 is 12.6 Å². The highest BCUT2D eigenvalue weighted by Gasteiger charge is 2.51. The number of terminal acetylenes is 1. The Hall–Kier alpha value is -0.885. The fourth-order valence-corrected chi connectivity index (χ4v) is 2.35. The summed E-state index contributed by atoms with van der Waals surface area (Å²) in [4.78, 5) is 0.873. The molecule has 100 valence electrons. The lowest BCUT2D eigenvalue weighted by Crippen LogP contribution is -2.41. The molecular formula is C15H19BO2S. The summed E-state index contributed by atoms with van der Waals surface area (Å²) in [6.45, 7) is 8.17. The molecule has 1 heterocycles. The zero-order chi connectivity index (χ0) is 14.3. The summed E-state index contributed by atoms with van der Waals surface area (Å²) in [5, 5.41) is 0. The third-order valence-electron chi connectivity index (χ3n) is 3.83. The first-order valence-electron chi connectivity index (χ1n) is 6.37. The molecule has 0 amide bonds. The summed E-state index contributed by atoms with van der Waals surface area (Å²) < 4.78 is 12.1. The second-order valence-corrected chi connectivity index (χ2v) is 6.42. The zero-order valence-electron chi connectivity index (χ0n) is 11.9. The summed E-state index contributed by atoms with van der Waals surface area (Å²) in [5.41, 5.74) is 1.35. The van der Waals surface area contributed by atoms with Crippen molar-refractivity contribution in [3.8, 4) is 12.3 Å². The molecule has 1 saturated heterocycles. The van der Waals surface area contributed by atoms with Crippen LogP contribution in [0.15, 0.2) is 23.1 Å². The molecule has 0 aromatic heterocycles. The monoisotopic (exact) mass is 274 g/mol. The number of rotatable bonds is 2. The smallest absolute Gasteiger partial charge is 0.399 e. The average Bonchev–Trinajstić information content (AvgIpc) is 2.48. The van der Waals surface area contributed by atoms with E-state index in [1.807, 2.05) is 45.9 Å². The maximum Gasteiger partial charge on any atom is 0.494 e. The van der Waals surface area contributed by atoms with Gasteiger partial charge in [-0.05, 0) is 50.9 Å². The van der Waals surface area contributed by atoms with Crippen molar-refractivity contribution in [3.63, 3.8) is 0 Å². The lowest BCUT2D eigenvalue weighted by molar-refractivity contribution is 0.00578. The molecule has 0 unspecified atom stereocenters. The Balaban J connectivity index is 2.32. The molecule has 2 rings (SSSR count). The van der Waals surface area contributed by atoms with Gasteiger partial charge in [-0.25, -0.2) is 0 Å². The molecule has 0 N–H and O–H groups in total. The Morgan fingerprint density at radius 1 is 1.16 bits per heavy atom. The highest BCUT2D eigenvalue weighted by atomic mass is 32.1. The van der Waals surface area contributed by atoms with E-state index in [0.29, 0.717) is 6.42 Å². The quantitative estimate of drug-likeness (QED) is 0.507. The maximum absolute atomic E-state index is 6.03. The van der Waals surface area contributed by atoms with Gasteiger partial charge >= 0.3 is 7.12 Å². The largest absolute Gasteiger partial charge is 0.494 e. The summed E-state index contributed by atoms with van der Waals surface area (Å²) in [6, 6.07) is 5.96. The van der Waals surface area contributed by atoms with Gasteiger partial charge in [0.15, 0.2) is 0 Å². The molecule has 1 aliphatic rings. The van der Waals surface area contributed by atoms with Crippen molar-refractivity contribution < 1.29 is 9.31 Å². The lowest BCUT2D eigenvalue weighted by atomic mass is 9.78. The lowest BCUT2D eigenvalue weighted by Gasteiger charge is -2.32. The van der Waals surface area contributed by atoms with Gasteiger partial charge in [0.1, 0.15) is 0 Å². The van der Waals surface area contributed by atoms with E-state index in [0.717, 1.165) is 15.9 Å². The summed E-state index contributed by atoms with van der Waals surface area (Å²) in [7, 11) is -0.367. The molecule has 1 aliphatic heterocycles. The Morgan fingerprint density at radius 3 is 2.26 bits per heavy atom. The van der Waals surface area contributed by atoms with E-state index in [2.05, 4.69) is 18.5 Å². The van der Waals surface area contributed by atoms with Crippen LogP contribution < -0.4 is 5.46 Å². The first-order valence-corrected chi connectivity index (χ1v) is 6.82. The topological polar surface area (TPSA) is 18.5 Å². The number of benzene rings is 1. The van der Waals surface area contributed by atoms with E-state index < -0.39 is 0 Å². The van der Waals surface area contributed by atoms with Gasteiger partial charge in [0.05, 0.1) is 11.2 Å². The van der Waals surface area contributed by atoms with Gasteiger partial charge in [-0.15, -0.1) is 25.0 Å². The summed E-state index contributed by atoms with van der Waals surface area (Å²) in [6.07, 6.45) is 5.95. The van der Waals surface area contributed by atoms with E-state index in [1.165, 1.54) is 0 Å². The minimum atomic E-state index is -0.367. The summed E-state index contributed by atoms with van der Waals surface area (Å²) >= 11 is 4.42. The van der Waals surface area contributed by atoms with Crippen molar-refractivity contribution >= 4 is 25.2 Å². The van der Waals surface area contributed by atoms with Gasteiger partial charge in [0.2, 0.25) is 0 Å². The second kappa shape index (κ2) is 4.90. The standard InChI is InChI=1S/C15H19BO2S/c1-6-7-11-8-12(10-13(19)9-11)16-17-14(2,3)15(4,5)18-16/h1,8-10,19H,7H2,2-5H3. The van der Waals surface area contributed by atoms with Gasteiger partial charge in [-0.1, -0.05) is 6.07 Å². The minimum absolute atomic E-state index is 0.337. The highest BCUT2D eigenvalue weighted by Crippen LogP contribution is 2.36. The molecule has 19 heavy (non-hydrogen) atoms. The molecule has 4 heteroatoms. The molecule has 0 bridgehead atoms. The van der Waals surface area contributed by atoms with Crippen LogP contribution in [0.1, 0.15) is 33.3 Å². The molecule has 0 spiro atoms. The molecule has 0 radical (unpaired) electrons. The summed E-state index contributed by atoms with van der Waals surface area (Å²) in [5.74, 6) is 2.65. The Bertz CT molecular complexity index is 515. The molecule has 0 aliphatic carbocycles. The van der Waals surface area contributed by atoms with Crippen LogP contribution in [0.5, 0.6) is 0 Å². The first kappa shape index (κ1) is 14.5.